The number of rotatable bonds is 22. The first-order valence-corrected chi connectivity index (χ1v) is 14.5. The number of nitrogens with two attached hydrogens (primary N) is 2. The Bertz CT molecular complexity index is 1530. The number of carbonyl (C=O) groups is 1. The molecule has 0 saturated carbocycles. The second-order valence-corrected chi connectivity index (χ2v) is 9.77. The first-order chi connectivity index (χ1) is 21.6. The number of carbonyl (C=O) groups excluding carboxylic acids is 1. The minimum atomic E-state index is 0.102. The van der Waals surface area contributed by atoms with Crippen molar-refractivity contribution in [3.63, 3.8) is 0 Å². The number of Topliss-reactive ketones (excluding diaryl/α,β-unsaturated/α-hetero) is 1. The third-order valence-electron chi connectivity index (χ3n) is 6.60. The largest absolute Gasteiger partial charge is 0.424 e. The Labute approximate surface area is 253 Å². The van der Waals surface area contributed by atoms with Crippen LogP contribution in [-0.4, -0.2) is 89.9 Å². The summed E-state index contributed by atoms with van der Waals surface area (Å²) in [6.45, 7) is 4.33. The number of azide groups is 1. The maximum absolute atomic E-state index is 12.3. The summed E-state index contributed by atoms with van der Waals surface area (Å²) in [5.41, 5.74) is 23.4. The van der Waals surface area contributed by atoms with Crippen LogP contribution in [0.1, 0.15) is 32.1 Å². The van der Waals surface area contributed by atoms with E-state index >= 15 is 0 Å². The minimum absolute atomic E-state index is 0.102. The quantitative estimate of drug-likeness (QED) is 0.0562. The van der Waals surface area contributed by atoms with Crippen LogP contribution in [0.25, 0.3) is 43.8 Å². The number of oxazole rings is 1. The Morgan fingerprint density at radius 1 is 0.932 bits per heavy atom. The number of ketones is 1. The molecule has 0 aliphatic heterocycles. The molecule has 0 fully saturated rings. The van der Waals surface area contributed by atoms with Crippen molar-refractivity contribution in [1.29, 1.82) is 0 Å². The summed E-state index contributed by atoms with van der Waals surface area (Å²) < 4.78 is 28.8. The van der Waals surface area contributed by atoms with Gasteiger partial charge in [0.2, 0.25) is 0 Å². The molecule has 4 aromatic rings. The third kappa shape index (κ3) is 9.86. The summed E-state index contributed by atoms with van der Waals surface area (Å²) in [5.74, 6) is 0.528. The Kier molecular flexibility index (Phi) is 13.1. The molecule has 0 aliphatic rings. The van der Waals surface area contributed by atoms with E-state index < -0.39 is 0 Å². The molecule has 236 valence electrons. The van der Waals surface area contributed by atoms with Crippen molar-refractivity contribution >= 4 is 39.7 Å². The maximum Gasteiger partial charge on any atom is 0.292 e. The van der Waals surface area contributed by atoms with Crippen molar-refractivity contribution in [1.82, 2.24) is 24.7 Å². The van der Waals surface area contributed by atoms with Crippen LogP contribution in [-0.2, 0) is 30.3 Å². The van der Waals surface area contributed by atoms with Gasteiger partial charge in [-0.25, -0.2) is 14.6 Å². The second-order valence-electron chi connectivity index (χ2n) is 9.77. The average Bonchev–Trinajstić information content (AvgIpc) is 3.58. The van der Waals surface area contributed by atoms with Crippen molar-refractivity contribution in [2.24, 2.45) is 5.11 Å². The number of unbranched alkanes of at least 4 members (excludes halogenated alkanes) is 2. The van der Waals surface area contributed by atoms with Crippen LogP contribution in [0.5, 0.6) is 0 Å². The van der Waals surface area contributed by atoms with Crippen molar-refractivity contribution < 1.29 is 28.2 Å². The Balaban J connectivity index is 1.07. The Morgan fingerprint density at radius 3 is 2.41 bits per heavy atom. The molecule has 0 unspecified atom stereocenters. The molecule has 0 atom stereocenters. The minimum Gasteiger partial charge on any atom is -0.424 e. The van der Waals surface area contributed by atoms with Gasteiger partial charge in [0.15, 0.2) is 11.2 Å². The lowest BCUT2D eigenvalue weighted by Gasteiger charge is -2.07. The number of nitrogens with zero attached hydrogens (tertiary/aromatic N) is 8. The highest BCUT2D eigenvalue weighted by Gasteiger charge is 2.18. The normalized spacial score (nSPS) is 11.4. The van der Waals surface area contributed by atoms with Crippen LogP contribution in [0, 0.1) is 0 Å². The van der Waals surface area contributed by atoms with E-state index in [1.807, 2.05) is 16.8 Å². The summed E-state index contributed by atoms with van der Waals surface area (Å²) in [6.07, 6.45) is 4.80. The first kappa shape index (κ1) is 32.6. The van der Waals surface area contributed by atoms with Crippen LogP contribution in [0.2, 0.25) is 0 Å². The zero-order chi connectivity index (χ0) is 31.0. The van der Waals surface area contributed by atoms with Gasteiger partial charge in [0, 0.05) is 36.4 Å². The molecule has 0 amide bonds. The van der Waals surface area contributed by atoms with E-state index in [4.69, 9.17) is 45.5 Å². The molecule has 0 bridgehead atoms. The van der Waals surface area contributed by atoms with E-state index in [2.05, 4.69) is 25.0 Å². The highest BCUT2D eigenvalue weighted by Crippen LogP contribution is 2.32. The zero-order valence-corrected chi connectivity index (χ0v) is 24.6. The summed E-state index contributed by atoms with van der Waals surface area (Å²) in [5, 5.41) is 8.85. The number of nitrogen functional groups attached to an aromatic ring is 2. The lowest BCUT2D eigenvalue weighted by atomic mass is 10.1. The van der Waals surface area contributed by atoms with Crippen LogP contribution in [0.15, 0.2) is 34.1 Å². The van der Waals surface area contributed by atoms with Gasteiger partial charge in [-0.15, -0.1) is 0 Å². The maximum atomic E-state index is 12.3. The zero-order valence-electron chi connectivity index (χ0n) is 24.6. The molecule has 0 spiro atoms. The second kappa shape index (κ2) is 17.7. The number of anilines is 2. The van der Waals surface area contributed by atoms with Crippen LogP contribution < -0.4 is 11.5 Å². The van der Waals surface area contributed by atoms with E-state index in [-0.39, 0.29) is 11.8 Å². The van der Waals surface area contributed by atoms with Crippen molar-refractivity contribution in [2.45, 2.75) is 38.6 Å². The molecule has 0 saturated heterocycles. The fourth-order valence-electron chi connectivity index (χ4n) is 4.46. The van der Waals surface area contributed by atoms with Crippen molar-refractivity contribution in [3.05, 3.63) is 35.0 Å². The van der Waals surface area contributed by atoms with Gasteiger partial charge in [-0.3, -0.25) is 4.79 Å². The van der Waals surface area contributed by atoms with Gasteiger partial charge in [-0.1, -0.05) is 11.5 Å². The lowest BCUT2D eigenvalue weighted by Crippen LogP contribution is -2.13. The van der Waals surface area contributed by atoms with E-state index in [0.29, 0.717) is 112 Å². The van der Waals surface area contributed by atoms with Crippen molar-refractivity contribution in [2.75, 3.05) is 70.9 Å². The summed E-state index contributed by atoms with van der Waals surface area (Å²) >= 11 is 0. The molecular formula is C28H38N10O6. The monoisotopic (exact) mass is 610 g/mol. The van der Waals surface area contributed by atoms with Gasteiger partial charge in [-0.2, -0.15) is 10.1 Å². The number of aryl methyl sites for hydroxylation is 1. The number of aromatic nitrogens is 5. The number of benzene rings is 1. The predicted molar refractivity (Wildman–Crippen MR) is 163 cm³/mol. The van der Waals surface area contributed by atoms with Gasteiger partial charge in [-0.05, 0) is 36.6 Å². The lowest BCUT2D eigenvalue weighted by molar-refractivity contribution is -0.120. The molecule has 1 aromatic carbocycles. The molecule has 0 aliphatic carbocycles. The van der Waals surface area contributed by atoms with Gasteiger partial charge >= 0.3 is 0 Å². The molecule has 0 radical (unpaired) electrons. The third-order valence-corrected chi connectivity index (χ3v) is 6.60. The molecule has 4 N–H and O–H groups in total. The van der Waals surface area contributed by atoms with Gasteiger partial charge in [0.1, 0.15) is 29.1 Å². The van der Waals surface area contributed by atoms with E-state index in [1.165, 1.54) is 6.33 Å². The standard InChI is InChI=1S/C28H38N10O6/c29-26-24-25(20-5-6-23-22(18-20)35-28(30)44-23)36-38(27(24)33-19-32-26)9-3-1-2-4-21(39)7-10-40-12-14-42-16-17-43-15-13-41-11-8-34-37-31/h5-6,18-19H,1-4,7-17H2,(H2,30,35)(H2,29,32,33). The molecular weight excluding hydrogens is 572 g/mol. The van der Waals surface area contributed by atoms with Crippen molar-refractivity contribution in [3.8, 4) is 11.3 Å². The fourth-order valence-corrected chi connectivity index (χ4v) is 4.46. The first-order valence-electron chi connectivity index (χ1n) is 14.5. The van der Waals surface area contributed by atoms with E-state index in [0.717, 1.165) is 24.8 Å². The number of ether oxygens (including phenoxy) is 4. The number of hydrogen-bond acceptors (Lipinski definition) is 13. The van der Waals surface area contributed by atoms with Crippen LogP contribution >= 0.6 is 0 Å². The molecule has 44 heavy (non-hydrogen) atoms. The molecule has 3 aromatic heterocycles. The number of fused-ring (bicyclic) bond motifs is 2. The molecule has 16 heteroatoms. The van der Waals surface area contributed by atoms with Gasteiger partial charge in [0.05, 0.1) is 58.2 Å². The SMILES string of the molecule is [N-]=[N+]=NCCOCCOCCOCCOCCC(=O)CCCCCn1nc(-c2ccc3oc(N)nc3c2)c2c(N)ncnc21. The van der Waals surface area contributed by atoms with E-state index in [1.54, 1.807) is 6.07 Å². The molecule has 3 heterocycles. The highest BCUT2D eigenvalue weighted by atomic mass is 16.6. The molecule has 4 rings (SSSR count). The average molecular weight is 611 g/mol. The Hall–Kier alpha value is -4.34. The summed E-state index contributed by atoms with van der Waals surface area (Å²) in [6, 6.07) is 5.63. The summed E-state index contributed by atoms with van der Waals surface area (Å²) in [4.78, 5) is 27.7. The summed E-state index contributed by atoms with van der Waals surface area (Å²) in [7, 11) is 0. The predicted octanol–water partition coefficient (Wildman–Crippen LogP) is 3.70. The smallest absolute Gasteiger partial charge is 0.292 e. The Morgan fingerprint density at radius 2 is 1.66 bits per heavy atom. The van der Waals surface area contributed by atoms with E-state index in [9.17, 15) is 4.79 Å². The van der Waals surface area contributed by atoms with Gasteiger partial charge < -0.3 is 34.8 Å². The highest BCUT2D eigenvalue weighted by molar-refractivity contribution is 5.99. The van der Waals surface area contributed by atoms with Gasteiger partial charge in [0.25, 0.3) is 6.01 Å². The van der Waals surface area contributed by atoms with Crippen LogP contribution in [0.4, 0.5) is 11.8 Å². The fraction of sp³-hybridized carbons (Fsp3) is 0.536. The number of hydrogen-bond donors (Lipinski definition) is 2. The molecule has 16 nitrogen and oxygen atoms in total. The van der Waals surface area contributed by atoms with Crippen LogP contribution in [0.3, 0.4) is 0 Å². The topological polar surface area (TPSA) is 224 Å².